The number of hydrogen-bond acceptors (Lipinski definition) is 2. The highest BCUT2D eigenvalue weighted by atomic mass is 14.9. The summed E-state index contributed by atoms with van der Waals surface area (Å²) in [4.78, 5) is 8.08. The SMILES string of the molecule is Cc1cc(C)c(C)c(-c2nc(CCN)[nH]c2C)c1C. The molecule has 1 heterocycles. The van der Waals surface area contributed by atoms with Crippen molar-refractivity contribution >= 4 is 0 Å². The first-order valence-electron chi connectivity index (χ1n) is 6.79. The Labute approximate surface area is 115 Å². The Morgan fingerprint density at radius 1 is 1.05 bits per heavy atom. The molecule has 102 valence electrons. The minimum atomic E-state index is 0.622. The number of nitrogens with two attached hydrogens (primary N) is 1. The van der Waals surface area contributed by atoms with E-state index in [4.69, 9.17) is 10.7 Å². The Bertz CT molecular complexity index is 583. The van der Waals surface area contributed by atoms with Crippen LogP contribution in [0.4, 0.5) is 0 Å². The molecule has 0 unspecified atom stereocenters. The molecule has 3 N–H and O–H groups in total. The zero-order chi connectivity index (χ0) is 14.2. The lowest BCUT2D eigenvalue weighted by molar-refractivity contribution is 0.891. The van der Waals surface area contributed by atoms with E-state index < -0.39 is 0 Å². The van der Waals surface area contributed by atoms with Crippen molar-refractivity contribution in [3.8, 4) is 11.3 Å². The maximum atomic E-state index is 5.61. The summed E-state index contributed by atoms with van der Waals surface area (Å²) in [6.45, 7) is 11.4. The number of benzene rings is 1. The molecule has 0 saturated carbocycles. The van der Waals surface area contributed by atoms with Gasteiger partial charge in [-0.15, -0.1) is 0 Å². The fraction of sp³-hybridized carbons (Fsp3) is 0.438. The predicted octanol–water partition coefficient (Wildman–Crippen LogP) is 3.12. The van der Waals surface area contributed by atoms with Crippen LogP contribution in [0.3, 0.4) is 0 Å². The highest BCUT2D eigenvalue weighted by Crippen LogP contribution is 2.32. The van der Waals surface area contributed by atoms with Gasteiger partial charge >= 0.3 is 0 Å². The summed E-state index contributed by atoms with van der Waals surface area (Å²) in [5.74, 6) is 0.980. The zero-order valence-corrected chi connectivity index (χ0v) is 12.5. The summed E-state index contributed by atoms with van der Waals surface area (Å²) in [5, 5.41) is 0. The molecule has 0 saturated heterocycles. The largest absolute Gasteiger partial charge is 0.346 e. The third-order valence-corrected chi connectivity index (χ3v) is 3.92. The van der Waals surface area contributed by atoms with Crippen LogP contribution >= 0.6 is 0 Å². The third-order valence-electron chi connectivity index (χ3n) is 3.92. The molecular formula is C16H23N3. The van der Waals surface area contributed by atoms with Gasteiger partial charge in [-0.25, -0.2) is 4.98 Å². The van der Waals surface area contributed by atoms with Crippen molar-refractivity contribution in [2.75, 3.05) is 6.54 Å². The number of nitrogens with one attached hydrogen (secondary N) is 1. The van der Waals surface area contributed by atoms with Gasteiger partial charge in [-0.1, -0.05) is 6.07 Å². The van der Waals surface area contributed by atoms with Crippen molar-refractivity contribution in [1.82, 2.24) is 9.97 Å². The average Bonchev–Trinajstić information content (AvgIpc) is 2.69. The topological polar surface area (TPSA) is 54.7 Å². The molecule has 2 rings (SSSR count). The van der Waals surface area contributed by atoms with E-state index in [1.54, 1.807) is 0 Å². The van der Waals surface area contributed by atoms with Gasteiger partial charge in [-0.3, -0.25) is 0 Å². The van der Waals surface area contributed by atoms with Gasteiger partial charge in [0.1, 0.15) is 5.82 Å². The fourth-order valence-electron chi connectivity index (χ4n) is 2.59. The van der Waals surface area contributed by atoms with E-state index in [1.807, 2.05) is 0 Å². The highest BCUT2D eigenvalue weighted by Gasteiger charge is 2.16. The summed E-state index contributed by atoms with van der Waals surface area (Å²) >= 11 is 0. The van der Waals surface area contributed by atoms with Crippen LogP contribution in [0.15, 0.2) is 6.07 Å². The minimum Gasteiger partial charge on any atom is -0.346 e. The monoisotopic (exact) mass is 257 g/mol. The Hall–Kier alpha value is -1.61. The fourth-order valence-corrected chi connectivity index (χ4v) is 2.59. The quantitative estimate of drug-likeness (QED) is 0.887. The normalized spacial score (nSPS) is 11.1. The summed E-state index contributed by atoms with van der Waals surface area (Å²) in [7, 11) is 0. The van der Waals surface area contributed by atoms with Gasteiger partial charge in [0.25, 0.3) is 0 Å². The van der Waals surface area contributed by atoms with E-state index in [0.717, 1.165) is 23.6 Å². The first kappa shape index (κ1) is 13.8. The molecule has 0 aliphatic carbocycles. The molecule has 0 bridgehead atoms. The highest BCUT2D eigenvalue weighted by molar-refractivity contribution is 5.72. The van der Waals surface area contributed by atoms with E-state index in [-0.39, 0.29) is 0 Å². The van der Waals surface area contributed by atoms with E-state index in [1.165, 1.54) is 27.8 Å². The zero-order valence-electron chi connectivity index (χ0n) is 12.5. The average molecular weight is 257 g/mol. The molecule has 0 aliphatic heterocycles. The second kappa shape index (κ2) is 5.17. The van der Waals surface area contributed by atoms with Gasteiger partial charge in [-0.2, -0.15) is 0 Å². The predicted molar refractivity (Wildman–Crippen MR) is 80.5 cm³/mol. The molecule has 1 aromatic heterocycles. The van der Waals surface area contributed by atoms with Crippen molar-refractivity contribution in [2.24, 2.45) is 5.73 Å². The van der Waals surface area contributed by atoms with Crippen molar-refractivity contribution in [3.63, 3.8) is 0 Å². The van der Waals surface area contributed by atoms with Crippen molar-refractivity contribution in [1.29, 1.82) is 0 Å². The van der Waals surface area contributed by atoms with E-state index in [2.05, 4.69) is 45.7 Å². The first-order valence-corrected chi connectivity index (χ1v) is 6.79. The Kier molecular flexibility index (Phi) is 3.76. The van der Waals surface area contributed by atoms with Gasteiger partial charge < -0.3 is 10.7 Å². The maximum Gasteiger partial charge on any atom is 0.108 e. The lowest BCUT2D eigenvalue weighted by atomic mass is 9.92. The summed E-state index contributed by atoms with van der Waals surface area (Å²) in [5.41, 5.74) is 14.4. The van der Waals surface area contributed by atoms with Crippen LogP contribution in [0.5, 0.6) is 0 Å². The molecule has 19 heavy (non-hydrogen) atoms. The molecule has 0 spiro atoms. The Morgan fingerprint density at radius 3 is 2.16 bits per heavy atom. The molecule has 0 radical (unpaired) electrons. The smallest absolute Gasteiger partial charge is 0.108 e. The number of imidazole rings is 1. The lowest BCUT2D eigenvalue weighted by Crippen LogP contribution is -2.04. The molecular weight excluding hydrogens is 234 g/mol. The van der Waals surface area contributed by atoms with Crippen LogP contribution in [0.25, 0.3) is 11.3 Å². The van der Waals surface area contributed by atoms with Crippen molar-refractivity contribution in [3.05, 3.63) is 39.8 Å². The van der Waals surface area contributed by atoms with E-state index in [9.17, 15) is 0 Å². The Balaban J connectivity index is 2.65. The number of H-pyrrole nitrogens is 1. The van der Waals surface area contributed by atoms with Crippen LogP contribution in [0.2, 0.25) is 0 Å². The van der Waals surface area contributed by atoms with Gasteiger partial charge in [0.2, 0.25) is 0 Å². The molecule has 2 aromatic rings. The molecule has 0 amide bonds. The maximum absolute atomic E-state index is 5.61. The number of aromatic nitrogens is 2. The van der Waals surface area contributed by atoms with Gasteiger partial charge in [0.05, 0.1) is 5.69 Å². The number of rotatable bonds is 3. The molecule has 1 aromatic carbocycles. The van der Waals surface area contributed by atoms with Crippen molar-refractivity contribution < 1.29 is 0 Å². The molecule has 3 nitrogen and oxygen atoms in total. The van der Waals surface area contributed by atoms with Gasteiger partial charge in [0.15, 0.2) is 0 Å². The number of aromatic amines is 1. The van der Waals surface area contributed by atoms with Crippen LogP contribution in [0.1, 0.15) is 33.8 Å². The summed E-state index contributed by atoms with van der Waals surface area (Å²) in [6.07, 6.45) is 0.795. The Morgan fingerprint density at radius 2 is 1.63 bits per heavy atom. The first-order chi connectivity index (χ1) is 8.95. The van der Waals surface area contributed by atoms with Gasteiger partial charge in [-0.05, 0) is 63.4 Å². The van der Waals surface area contributed by atoms with Crippen molar-refractivity contribution in [2.45, 2.75) is 41.0 Å². The standard InChI is InChI=1S/C16H23N3/c1-9-8-10(2)12(4)15(11(9)3)16-13(5)18-14(19-16)6-7-17/h8H,6-7,17H2,1-5H3,(H,18,19). The molecule has 0 aliphatic rings. The number of nitrogens with zero attached hydrogens (tertiary/aromatic N) is 1. The number of hydrogen-bond donors (Lipinski definition) is 2. The summed E-state index contributed by atoms with van der Waals surface area (Å²) < 4.78 is 0. The second-order valence-corrected chi connectivity index (χ2v) is 5.33. The van der Waals surface area contributed by atoms with Gasteiger partial charge in [0, 0.05) is 17.7 Å². The second-order valence-electron chi connectivity index (χ2n) is 5.33. The third kappa shape index (κ3) is 2.43. The van der Waals surface area contributed by atoms with Crippen LogP contribution in [-0.2, 0) is 6.42 Å². The minimum absolute atomic E-state index is 0.622. The molecule has 3 heteroatoms. The van der Waals surface area contributed by atoms with E-state index >= 15 is 0 Å². The molecule has 0 atom stereocenters. The van der Waals surface area contributed by atoms with Crippen LogP contribution < -0.4 is 5.73 Å². The summed E-state index contributed by atoms with van der Waals surface area (Å²) in [6, 6.07) is 2.25. The van der Waals surface area contributed by atoms with Crippen LogP contribution in [0, 0.1) is 34.6 Å². The molecule has 0 fully saturated rings. The number of aryl methyl sites for hydroxylation is 3. The van der Waals surface area contributed by atoms with E-state index in [0.29, 0.717) is 6.54 Å². The van der Waals surface area contributed by atoms with Crippen LogP contribution in [-0.4, -0.2) is 16.5 Å². The lowest BCUT2D eigenvalue weighted by Gasteiger charge is -2.14.